The molecule has 5 atom stereocenters. The van der Waals surface area contributed by atoms with Crippen molar-refractivity contribution in [2.75, 3.05) is 0 Å². The highest BCUT2D eigenvalue weighted by molar-refractivity contribution is 5.87. The van der Waals surface area contributed by atoms with Crippen LogP contribution in [0.2, 0.25) is 0 Å². The van der Waals surface area contributed by atoms with E-state index in [9.17, 15) is 9.90 Å². The molecule has 5 unspecified atom stereocenters. The summed E-state index contributed by atoms with van der Waals surface area (Å²) >= 11 is 0. The van der Waals surface area contributed by atoms with Gasteiger partial charge in [0.1, 0.15) is 11.5 Å². The van der Waals surface area contributed by atoms with Crippen molar-refractivity contribution < 1.29 is 9.90 Å². The van der Waals surface area contributed by atoms with E-state index >= 15 is 0 Å². The zero-order valence-electron chi connectivity index (χ0n) is 14.9. The highest BCUT2D eigenvalue weighted by Gasteiger charge is 2.55. The Labute approximate surface area is 140 Å². The third kappa shape index (κ3) is 2.42. The summed E-state index contributed by atoms with van der Waals surface area (Å²) in [6, 6.07) is 5.93. The van der Waals surface area contributed by atoms with E-state index in [1.54, 1.807) is 0 Å². The second kappa shape index (κ2) is 5.96. The van der Waals surface area contributed by atoms with Gasteiger partial charge in [-0.05, 0) is 72.6 Å². The number of Topliss-reactive ketones (excluding diaryl/α,β-unsaturated/α-hetero) is 1. The second-order valence-corrected chi connectivity index (χ2v) is 7.74. The van der Waals surface area contributed by atoms with Gasteiger partial charge < -0.3 is 5.11 Å². The summed E-state index contributed by atoms with van der Waals surface area (Å²) in [4.78, 5) is 12.3. The molecule has 126 valence electrons. The van der Waals surface area contributed by atoms with Crippen molar-refractivity contribution in [1.82, 2.24) is 0 Å². The lowest BCUT2D eigenvalue weighted by molar-refractivity contribution is -0.129. The van der Waals surface area contributed by atoms with Gasteiger partial charge in [0.05, 0.1) is 0 Å². The molecule has 1 N–H and O–H groups in total. The zero-order valence-corrected chi connectivity index (χ0v) is 14.9. The van der Waals surface area contributed by atoms with Crippen LogP contribution in [-0.2, 0) is 4.79 Å². The molecule has 2 fully saturated rings. The van der Waals surface area contributed by atoms with Gasteiger partial charge in [-0.3, -0.25) is 4.79 Å². The summed E-state index contributed by atoms with van der Waals surface area (Å²) in [6.45, 7) is 8.50. The molecule has 0 amide bonds. The molecular formula is C21H30O2. The van der Waals surface area contributed by atoms with Crippen molar-refractivity contribution in [3.05, 3.63) is 29.3 Å². The first kappa shape index (κ1) is 16.5. The highest BCUT2D eigenvalue weighted by Crippen LogP contribution is 2.61. The first-order chi connectivity index (χ1) is 11.0. The lowest BCUT2D eigenvalue weighted by Gasteiger charge is -2.49. The predicted octanol–water partition coefficient (Wildman–Crippen LogP) is 5.40. The van der Waals surface area contributed by atoms with Crippen LogP contribution in [0.5, 0.6) is 5.75 Å². The van der Waals surface area contributed by atoms with Gasteiger partial charge in [0.25, 0.3) is 0 Å². The molecule has 0 aromatic heterocycles. The third-order valence-corrected chi connectivity index (χ3v) is 6.77. The fraction of sp³-hybridized carbons (Fsp3) is 0.667. The molecule has 1 aromatic rings. The van der Waals surface area contributed by atoms with Gasteiger partial charge in [-0.25, -0.2) is 0 Å². The number of rotatable bonds is 0. The Morgan fingerprint density at radius 3 is 2.65 bits per heavy atom. The zero-order chi connectivity index (χ0) is 16.8. The van der Waals surface area contributed by atoms with E-state index in [2.05, 4.69) is 19.9 Å². The SMILES string of the molecule is CC.CC1CC2C(CCC3(C)C(=O)CCC23)c2ccc(O)cc21. The Bertz CT molecular complexity index is 606. The average molecular weight is 314 g/mol. The second-order valence-electron chi connectivity index (χ2n) is 7.74. The van der Waals surface area contributed by atoms with E-state index in [1.165, 1.54) is 17.5 Å². The Hall–Kier alpha value is -1.31. The number of carbonyl (C=O) groups excluding carboxylic acids is 1. The van der Waals surface area contributed by atoms with Gasteiger partial charge in [0, 0.05) is 11.8 Å². The molecule has 0 radical (unpaired) electrons. The standard InChI is InChI=1S/C19H24O2.C2H6/c1-11-9-16-14(13-4-3-12(20)10-15(11)13)7-8-19(2)17(16)5-6-18(19)21;1-2/h3-4,10-11,14,16-17,20H,5-9H2,1-2H3;1-2H3. The van der Waals surface area contributed by atoms with Crippen LogP contribution in [0, 0.1) is 17.3 Å². The van der Waals surface area contributed by atoms with Gasteiger partial charge in [-0.2, -0.15) is 0 Å². The number of aromatic hydroxyl groups is 1. The number of fused-ring (bicyclic) bond motifs is 5. The molecule has 3 aliphatic carbocycles. The molecule has 0 heterocycles. The number of hydrogen-bond acceptors (Lipinski definition) is 2. The molecule has 2 nitrogen and oxygen atoms in total. The number of phenolic OH excluding ortho intramolecular Hbond substituents is 1. The van der Waals surface area contributed by atoms with Crippen LogP contribution in [0.15, 0.2) is 18.2 Å². The number of hydrogen-bond donors (Lipinski definition) is 1. The molecule has 0 bridgehead atoms. The Morgan fingerprint density at radius 2 is 1.91 bits per heavy atom. The molecule has 0 spiro atoms. The molecule has 4 rings (SSSR count). The maximum absolute atomic E-state index is 12.3. The molecule has 1 aromatic carbocycles. The third-order valence-electron chi connectivity index (χ3n) is 6.77. The fourth-order valence-electron chi connectivity index (χ4n) is 5.64. The van der Waals surface area contributed by atoms with Crippen LogP contribution in [0.1, 0.15) is 82.8 Å². The molecular weight excluding hydrogens is 284 g/mol. The van der Waals surface area contributed by atoms with Gasteiger partial charge in [-0.15, -0.1) is 0 Å². The van der Waals surface area contributed by atoms with Gasteiger partial charge in [0.15, 0.2) is 0 Å². The predicted molar refractivity (Wildman–Crippen MR) is 93.8 cm³/mol. The fourth-order valence-corrected chi connectivity index (χ4v) is 5.64. The van der Waals surface area contributed by atoms with Gasteiger partial charge in [-0.1, -0.05) is 33.8 Å². The first-order valence-corrected chi connectivity index (χ1v) is 9.37. The molecule has 3 aliphatic rings. The minimum absolute atomic E-state index is 0.0463. The normalized spacial score (nSPS) is 38.0. The van der Waals surface area contributed by atoms with Crippen molar-refractivity contribution in [3.63, 3.8) is 0 Å². The maximum Gasteiger partial charge on any atom is 0.139 e. The van der Waals surface area contributed by atoms with E-state index in [0.717, 1.165) is 25.7 Å². The van der Waals surface area contributed by atoms with E-state index in [0.29, 0.717) is 35.2 Å². The summed E-state index contributed by atoms with van der Waals surface area (Å²) in [5.41, 5.74) is 2.73. The first-order valence-electron chi connectivity index (χ1n) is 9.37. The molecule has 2 heteroatoms. The topological polar surface area (TPSA) is 37.3 Å². The van der Waals surface area contributed by atoms with Crippen LogP contribution in [0.4, 0.5) is 0 Å². The lowest BCUT2D eigenvalue weighted by atomic mass is 9.54. The van der Waals surface area contributed by atoms with E-state index in [-0.39, 0.29) is 5.41 Å². The van der Waals surface area contributed by atoms with Crippen molar-refractivity contribution in [3.8, 4) is 5.75 Å². The summed E-state index contributed by atoms with van der Waals surface area (Å²) in [6.07, 6.45) is 5.24. The summed E-state index contributed by atoms with van der Waals surface area (Å²) < 4.78 is 0. The smallest absolute Gasteiger partial charge is 0.139 e. The van der Waals surface area contributed by atoms with E-state index in [1.807, 2.05) is 26.0 Å². The monoisotopic (exact) mass is 314 g/mol. The quantitative estimate of drug-likeness (QED) is 0.695. The summed E-state index contributed by atoms with van der Waals surface area (Å²) in [7, 11) is 0. The van der Waals surface area contributed by atoms with Crippen LogP contribution in [-0.4, -0.2) is 10.9 Å². The van der Waals surface area contributed by atoms with E-state index in [4.69, 9.17) is 0 Å². The molecule has 23 heavy (non-hydrogen) atoms. The minimum atomic E-state index is -0.0463. The average Bonchev–Trinajstić information content (AvgIpc) is 2.86. The Kier molecular flexibility index (Phi) is 4.29. The van der Waals surface area contributed by atoms with Gasteiger partial charge >= 0.3 is 0 Å². The van der Waals surface area contributed by atoms with Crippen LogP contribution in [0.25, 0.3) is 0 Å². The van der Waals surface area contributed by atoms with Crippen LogP contribution in [0.3, 0.4) is 0 Å². The van der Waals surface area contributed by atoms with E-state index < -0.39 is 0 Å². The largest absolute Gasteiger partial charge is 0.508 e. The van der Waals surface area contributed by atoms with Crippen molar-refractivity contribution in [1.29, 1.82) is 0 Å². The molecule has 0 saturated heterocycles. The maximum atomic E-state index is 12.3. The summed E-state index contributed by atoms with van der Waals surface area (Å²) in [5, 5.41) is 9.78. The Balaban J connectivity index is 0.000000753. The van der Waals surface area contributed by atoms with Crippen LogP contribution < -0.4 is 0 Å². The highest BCUT2D eigenvalue weighted by atomic mass is 16.3. The van der Waals surface area contributed by atoms with Crippen molar-refractivity contribution in [2.24, 2.45) is 17.3 Å². The minimum Gasteiger partial charge on any atom is -0.508 e. The van der Waals surface area contributed by atoms with Gasteiger partial charge in [0.2, 0.25) is 0 Å². The number of carbonyl (C=O) groups is 1. The van der Waals surface area contributed by atoms with Crippen LogP contribution >= 0.6 is 0 Å². The molecule has 2 saturated carbocycles. The van der Waals surface area contributed by atoms with Crippen molar-refractivity contribution >= 4 is 5.78 Å². The molecule has 0 aliphatic heterocycles. The van der Waals surface area contributed by atoms with Crippen molar-refractivity contribution in [2.45, 2.75) is 71.6 Å². The summed E-state index contributed by atoms with van der Waals surface area (Å²) in [5.74, 6) is 3.22. The Morgan fingerprint density at radius 1 is 1.17 bits per heavy atom. The lowest BCUT2D eigenvalue weighted by Crippen LogP contribution is -2.42. The number of benzene rings is 1. The number of phenols is 1. The number of ketones is 1.